The van der Waals surface area contributed by atoms with E-state index < -0.39 is 5.97 Å². The Balaban J connectivity index is 1.71. The number of likely N-dealkylation sites (N-methyl/N-ethyl adjacent to an activating group) is 1. The molecule has 1 aromatic rings. The predicted octanol–water partition coefficient (Wildman–Crippen LogP) is -0.132. The monoisotopic (exact) mass is 350 g/mol. The van der Waals surface area contributed by atoms with Crippen molar-refractivity contribution in [2.75, 3.05) is 45.3 Å². The lowest BCUT2D eigenvalue weighted by atomic mass is 9.97. The largest absolute Gasteiger partial charge is 0.469 e. The van der Waals surface area contributed by atoms with Gasteiger partial charge in [-0.25, -0.2) is 9.97 Å². The number of esters is 2. The van der Waals surface area contributed by atoms with Crippen LogP contribution in [0.5, 0.6) is 0 Å². The molecule has 1 aliphatic rings. The normalized spacial score (nSPS) is 14.7. The first-order chi connectivity index (χ1) is 12.0. The van der Waals surface area contributed by atoms with Crippen LogP contribution in [-0.2, 0) is 23.9 Å². The Morgan fingerprint density at radius 1 is 1.24 bits per heavy atom. The first-order valence-electron chi connectivity index (χ1n) is 8.00. The maximum atomic E-state index is 12.1. The highest BCUT2D eigenvalue weighted by Crippen LogP contribution is 2.18. The van der Waals surface area contributed by atoms with Crippen molar-refractivity contribution in [1.82, 2.24) is 14.9 Å². The Hall–Kier alpha value is -2.71. The molecule has 0 atom stereocenters. The summed E-state index contributed by atoms with van der Waals surface area (Å²) in [5, 5.41) is 0. The molecule has 0 aromatic carbocycles. The topological polar surface area (TPSA) is 102 Å². The summed E-state index contributed by atoms with van der Waals surface area (Å²) in [4.78, 5) is 46.6. The number of carbonyl (C=O) groups excluding carboxylic acids is 3. The van der Waals surface area contributed by atoms with E-state index in [9.17, 15) is 14.4 Å². The summed E-state index contributed by atoms with van der Waals surface area (Å²) in [5.74, 6) is -0.820. The van der Waals surface area contributed by atoms with Gasteiger partial charge in [0, 0.05) is 32.5 Å². The number of hydrogen-bond acceptors (Lipinski definition) is 8. The molecule has 1 saturated heterocycles. The Kier molecular flexibility index (Phi) is 6.67. The number of aromatic nitrogens is 2. The fourth-order valence-corrected chi connectivity index (χ4v) is 2.56. The average molecular weight is 350 g/mol. The van der Waals surface area contributed by atoms with Gasteiger partial charge in [0.25, 0.3) is 5.91 Å². The summed E-state index contributed by atoms with van der Waals surface area (Å²) in [6.07, 6.45) is 4.26. The standard InChI is InChI=1S/C16H22N4O5/c1-19(16-17-6-3-7-18-16)10-14(22)25-11-13(21)20-8-4-12(5-9-20)15(23)24-2/h3,6-7,12H,4-5,8-11H2,1-2H3. The van der Waals surface area contributed by atoms with Crippen LogP contribution in [0.3, 0.4) is 0 Å². The molecule has 2 heterocycles. The SMILES string of the molecule is COC(=O)C1CCN(C(=O)COC(=O)CN(C)c2ncccn2)CC1. The van der Waals surface area contributed by atoms with E-state index in [1.54, 1.807) is 30.4 Å². The first kappa shape index (κ1) is 18.6. The fourth-order valence-electron chi connectivity index (χ4n) is 2.56. The zero-order chi connectivity index (χ0) is 18.2. The minimum absolute atomic E-state index is 0.0539. The van der Waals surface area contributed by atoms with Gasteiger partial charge in [-0.05, 0) is 18.9 Å². The second kappa shape index (κ2) is 8.95. The van der Waals surface area contributed by atoms with Crippen LogP contribution in [0.2, 0.25) is 0 Å². The van der Waals surface area contributed by atoms with Crippen LogP contribution in [0.25, 0.3) is 0 Å². The van der Waals surface area contributed by atoms with E-state index in [2.05, 4.69) is 9.97 Å². The maximum Gasteiger partial charge on any atom is 0.326 e. The van der Waals surface area contributed by atoms with Gasteiger partial charge in [0.05, 0.1) is 13.0 Å². The van der Waals surface area contributed by atoms with Gasteiger partial charge in [-0.15, -0.1) is 0 Å². The molecule has 0 spiro atoms. The number of nitrogens with zero attached hydrogens (tertiary/aromatic N) is 4. The van der Waals surface area contributed by atoms with Crippen molar-refractivity contribution in [1.29, 1.82) is 0 Å². The lowest BCUT2D eigenvalue weighted by molar-refractivity contribution is -0.153. The van der Waals surface area contributed by atoms with Gasteiger partial charge in [-0.1, -0.05) is 0 Å². The Labute approximate surface area is 145 Å². The first-order valence-corrected chi connectivity index (χ1v) is 8.00. The van der Waals surface area contributed by atoms with Crippen molar-refractivity contribution in [2.45, 2.75) is 12.8 Å². The van der Waals surface area contributed by atoms with Crippen LogP contribution in [-0.4, -0.2) is 73.1 Å². The molecule has 1 amide bonds. The van der Waals surface area contributed by atoms with E-state index >= 15 is 0 Å². The lowest BCUT2D eigenvalue weighted by Gasteiger charge is -2.30. The highest BCUT2D eigenvalue weighted by molar-refractivity contribution is 5.82. The average Bonchev–Trinajstić information content (AvgIpc) is 2.66. The van der Waals surface area contributed by atoms with Crippen molar-refractivity contribution in [2.24, 2.45) is 5.92 Å². The molecule has 136 valence electrons. The maximum absolute atomic E-state index is 12.1. The molecule has 9 nitrogen and oxygen atoms in total. The molecule has 1 fully saturated rings. The quantitative estimate of drug-likeness (QED) is 0.654. The Bertz CT molecular complexity index is 602. The number of hydrogen-bond donors (Lipinski definition) is 0. The summed E-state index contributed by atoms with van der Waals surface area (Å²) < 4.78 is 9.74. The summed E-state index contributed by atoms with van der Waals surface area (Å²) in [5.41, 5.74) is 0. The zero-order valence-electron chi connectivity index (χ0n) is 14.4. The summed E-state index contributed by atoms with van der Waals surface area (Å²) >= 11 is 0. The number of anilines is 1. The number of carbonyl (C=O) groups is 3. The smallest absolute Gasteiger partial charge is 0.326 e. The number of methoxy groups -OCH3 is 1. The van der Waals surface area contributed by atoms with E-state index in [-0.39, 0.29) is 30.9 Å². The molecule has 0 radical (unpaired) electrons. The minimum atomic E-state index is -0.534. The Morgan fingerprint density at radius 2 is 1.88 bits per heavy atom. The van der Waals surface area contributed by atoms with E-state index in [4.69, 9.17) is 9.47 Å². The lowest BCUT2D eigenvalue weighted by Crippen LogP contribution is -2.42. The molecule has 0 aliphatic carbocycles. The molecular formula is C16H22N4O5. The fraction of sp³-hybridized carbons (Fsp3) is 0.562. The molecule has 1 aliphatic heterocycles. The van der Waals surface area contributed by atoms with Gasteiger partial charge in [-0.2, -0.15) is 0 Å². The molecular weight excluding hydrogens is 328 g/mol. The second-order valence-corrected chi connectivity index (χ2v) is 5.74. The van der Waals surface area contributed by atoms with Gasteiger partial charge in [0.15, 0.2) is 6.61 Å². The van der Waals surface area contributed by atoms with Gasteiger partial charge in [-0.3, -0.25) is 14.4 Å². The molecule has 9 heteroatoms. The molecule has 2 rings (SSSR count). The van der Waals surface area contributed by atoms with Crippen LogP contribution >= 0.6 is 0 Å². The zero-order valence-corrected chi connectivity index (χ0v) is 14.4. The van der Waals surface area contributed by atoms with Gasteiger partial charge in [0.1, 0.15) is 6.54 Å². The second-order valence-electron chi connectivity index (χ2n) is 5.74. The molecule has 1 aromatic heterocycles. The predicted molar refractivity (Wildman–Crippen MR) is 87.6 cm³/mol. The molecule has 0 saturated carbocycles. The third-order valence-corrected chi connectivity index (χ3v) is 4.00. The molecule has 0 unspecified atom stereocenters. The van der Waals surface area contributed by atoms with Crippen LogP contribution < -0.4 is 4.90 Å². The van der Waals surface area contributed by atoms with Crippen LogP contribution in [0.15, 0.2) is 18.5 Å². The Morgan fingerprint density at radius 3 is 2.48 bits per heavy atom. The highest BCUT2D eigenvalue weighted by atomic mass is 16.5. The van der Waals surface area contributed by atoms with E-state index in [0.29, 0.717) is 31.9 Å². The van der Waals surface area contributed by atoms with Crippen molar-refractivity contribution in [3.63, 3.8) is 0 Å². The molecule has 0 bridgehead atoms. The highest BCUT2D eigenvalue weighted by Gasteiger charge is 2.28. The van der Waals surface area contributed by atoms with Crippen LogP contribution in [0.1, 0.15) is 12.8 Å². The third kappa shape index (κ3) is 5.40. The van der Waals surface area contributed by atoms with Gasteiger partial charge in [0.2, 0.25) is 5.95 Å². The number of ether oxygens (including phenoxy) is 2. The van der Waals surface area contributed by atoms with E-state index in [1.165, 1.54) is 12.0 Å². The summed E-state index contributed by atoms with van der Waals surface area (Å²) in [6.45, 7) is 0.536. The van der Waals surface area contributed by atoms with E-state index in [0.717, 1.165) is 0 Å². The number of rotatable bonds is 6. The molecule has 25 heavy (non-hydrogen) atoms. The van der Waals surface area contributed by atoms with Crippen molar-refractivity contribution >= 4 is 23.8 Å². The van der Waals surface area contributed by atoms with Crippen molar-refractivity contribution in [3.8, 4) is 0 Å². The molecule has 0 N–H and O–H groups in total. The van der Waals surface area contributed by atoms with Crippen LogP contribution in [0.4, 0.5) is 5.95 Å². The van der Waals surface area contributed by atoms with E-state index in [1.807, 2.05) is 0 Å². The van der Waals surface area contributed by atoms with Crippen LogP contribution in [0, 0.1) is 5.92 Å². The third-order valence-electron chi connectivity index (χ3n) is 4.00. The van der Waals surface area contributed by atoms with Crippen molar-refractivity contribution in [3.05, 3.63) is 18.5 Å². The van der Waals surface area contributed by atoms with Gasteiger partial charge >= 0.3 is 11.9 Å². The summed E-state index contributed by atoms with van der Waals surface area (Å²) in [7, 11) is 3.02. The number of piperidine rings is 1. The minimum Gasteiger partial charge on any atom is -0.469 e. The number of likely N-dealkylation sites (tertiary alicyclic amines) is 1. The van der Waals surface area contributed by atoms with Gasteiger partial charge < -0.3 is 19.3 Å². The number of amides is 1. The van der Waals surface area contributed by atoms with Crippen molar-refractivity contribution < 1.29 is 23.9 Å². The summed E-state index contributed by atoms with van der Waals surface area (Å²) in [6, 6.07) is 1.68.